The molecule has 2 nitrogen and oxygen atoms in total. The molecule has 1 saturated heterocycles. The van der Waals surface area contributed by atoms with Gasteiger partial charge in [-0.05, 0) is 33.0 Å². The highest BCUT2D eigenvalue weighted by Crippen LogP contribution is 2.36. The van der Waals surface area contributed by atoms with Crippen molar-refractivity contribution in [1.29, 1.82) is 0 Å². The van der Waals surface area contributed by atoms with Crippen molar-refractivity contribution in [3.63, 3.8) is 0 Å². The molecule has 0 spiro atoms. The lowest BCUT2D eigenvalue weighted by Crippen LogP contribution is -2.32. The van der Waals surface area contributed by atoms with E-state index < -0.39 is 0 Å². The first-order valence-corrected chi connectivity index (χ1v) is 6.99. The monoisotopic (exact) mass is 234 g/mol. The summed E-state index contributed by atoms with van der Waals surface area (Å²) in [7, 11) is 2.21. The fraction of sp³-hybridized carbons (Fsp3) is 0.615. The van der Waals surface area contributed by atoms with Crippen LogP contribution < -0.4 is 0 Å². The summed E-state index contributed by atoms with van der Waals surface area (Å²) < 4.78 is 0. The Balaban J connectivity index is 1.68. The zero-order valence-electron chi connectivity index (χ0n) is 9.67. The molecule has 2 aliphatic heterocycles. The summed E-state index contributed by atoms with van der Waals surface area (Å²) in [4.78, 5) is 7.30. The second-order valence-corrected chi connectivity index (χ2v) is 6.09. The van der Waals surface area contributed by atoms with Gasteiger partial charge in [-0.15, -0.1) is 11.8 Å². The van der Waals surface area contributed by atoms with E-state index in [1.807, 2.05) is 11.8 Å². The van der Waals surface area contributed by atoms with E-state index in [1.165, 1.54) is 31.0 Å². The molecule has 0 bridgehead atoms. The molecule has 1 aliphatic carbocycles. The van der Waals surface area contributed by atoms with Gasteiger partial charge in [-0.1, -0.05) is 24.3 Å². The minimum atomic E-state index is 0.421. The van der Waals surface area contributed by atoms with Crippen molar-refractivity contribution in [2.24, 2.45) is 10.9 Å². The average molecular weight is 234 g/mol. The fourth-order valence-corrected chi connectivity index (χ4v) is 3.92. The van der Waals surface area contributed by atoms with E-state index in [0.29, 0.717) is 11.3 Å². The summed E-state index contributed by atoms with van der Waals surface area (Å²) in [6.07, 6.45) is 11.4. The zero-order chi connectivity index (χ0) is 11.0. The molecule has 0 aromatic heterocycles. The van der Waals surface area contributed by atoms with Crippen LogP contribution in [0.5, 0.6) is 0 Å². The molecule has 0 aromatic carbocycles. The number of fused-ring (bicyclic) bond motifs is 1. The lowest BCUT2D eigenvalue weighted by Gasteiger charge is -2.28. The first-order chi connectivity index (χ1) is 7.83. The molecule has 2 unspecified atom stereocenters. The van der Waals surface area contributed by atoms with Crippen LogP contribution in [0.25, 0.3) is 0 Å². The van der Waals surface area contributed by atoms with Crippen LogP contribution in [0, 0.1) is 5.92 Å². The largest absolute Gasteiger partial charge is 0.306 e. The number of likely N-dealkylation sites (tertiary alicyclic amines) is 1. The Kier molecular flexibility index (Phi) is 2.90. The van der Waals surface area contributed by atoms with Crippen LogP contribution in [0.2, 0.25) is 0 Å². The SMILES string of the molecule is CN1CCC(C2=NC3C=CC=CC3S2)CC1. The lowest BCUT2D eigenvalue weighted by molar-refractivity contribution is 0.253. The van der Waals surface area contributed by atoms with E-state index in [0.717, 1.165) is 5.92 Å². The van der Waals surface area contributed by atoms with Gasteiger partial charge in [-0.2, -0.15) is 0 Å². The normalized spacial score (nSPS) is 35.2. The van der Waals surface area contributed by atoms with Gasteiger partial charge in [0.1, 0.15) is 0 Å². The van der Waals surface area contributed by atoms with E-state index in [4.69, 9.17) is 4.99 Å². The lowest BCUT2D eigenvalue weighted by atomic mass is 9.98. The molecule has 3 rings (SSSR count). The van der Waals surface area contributed by atoms with Gasteiger partial charge in [0.2, 0.25) is 0 Å². The predicted octanol–water partition coefficient (Wildman–Crippen LogP) is 2.34. The van der Waals surface area contributed by atoms with Crippen LogP contribution in [-0.2, 0) is 0 Å². The van der Waals surface area contributed by atoms with Crippen LogP contribution in [0.4, 0.5) is 0 Å². The Bertz CT molecular complexity index is 351. The third kappa shape index (κ3) is 1.98. The van der Waals surface area contributed by atoms with Crippen molar-refractivity contribution >= 4 is 16.8 Å². The summed E-state index contributed by atoms with van der Waals surface area (Å²) >= 11 is 2.00. The molecular weight excluding hydrogens is 216 g/mol. The van der Waals surface area contributed by atoms with Gasteiger partial charge in [-0.3, -0.25) is 4.99 Å². The summed E-state index contributed by atoms with van der Waals surface area (Å²) in [6, 6.07) is 0.421. The minimum absolute atomic E-state index is 0.421. The summed E-state index contributed by atoms with van der Waals surface area (Å²) in [5.41, 5.74) is 0. The Labute approximate surface area is 102 Å². The Morgan fingerprint density at radius 1 is 1.25 bits per heavy atom. The molecule has 0 N–H and O–H groups in total. The van der Waals surface area contributed by atoms with Gasteiger partial charge in [0, 0.05) is 5.92 Å². The highest BCUT2D eigenvalue weighted by Gasteiger charge is 2.32. The van der Waals surface area contributed by atoms with Crippen LogP contribution in [0.1, 0.15) is 12.8 Å². The number of rotatable bonds is 1. The molecule has 0 aromatic rings. The zero-order valence-corrected chi connectivity index (χ0v) is 10.5. The number of allylic oxidation sites excluding steroid dienone is 2. The fourth-order valence-electron chi connectivity index (χ4n) is 2.57. The Morgan fingerprint density at radius 2 is 2.00 bits per heavy atom. The molecule has 3 heteroatoms. The van der Waals surface area contributed by atoms with Crippen molar-refractivity contribution in [2.45, 2.75) is 24.1 Å². The summed E-state index contributed by atoms with van der Waals surface area (Å²) in [5.74, 6) is 0.730. The highest BCUT2D eigenvalue weighted by atomic mass is 32.2. The molecule has 3 aliphatic rings. The van der Waals surface area contributed by atoms with Gasteiger partial charge < -0.3 is 4.90 Å². The van der Waals surface area contributed by atoms with Crippen molar-refractivity contribution < 1.29 is 0 Å². The van der Waals surface area contributed by atoms with E-state index in [9.17, 15) is 0 Å². The van der Waals surface area contributed by atoms with E-state index in [1.54, 1.807) is 0 Å². The van der Waals surface area contributed by atoms with Crippen molar-refractivity contribution in [1.82, 2.24) is 4.90 Å². The quantitative estimate of drug-likeness (QED) is 0.692. The van der Waals surface area contributed by atoms with Crippen molar-refractivity contribution in [3.05, 3.63) is 24.3 Å². The van der Waals surface area contributed by atoms with Gasteiger partial charge in [0.05, 0.1) is 16.3 Å². The smallest absolute Gasteiger partial charge is 0.0850 e. The molecule has 0 radical (unpaired) electrons. The van der Waals surface area contributed by atoms with Crippen molar-refractivity contribution in [3.8, 4) is 0 Å². The predicted molar refractivity (Wildman–Crippen MR) is 71.1 cm³/mol. The molecule has 2 atom stereocenters. The van der Waals surface area contributed by atoms with E-state index >= 15 is 0 Å². The van der Waals surface area contributed by atoms with E-state index in [2.05, 4.69) is 36.3 Å². The average Bonchev–Trinajstić information content (AvgIpc) is 2.73. The molecular formula is C13H18N2S. The van der Waals surface area contributed by atoms with Gasteiger partial charge in [0.15, 0.2) is 0 Å². The summed E-state index contributed by atoms with van der Waals surface area (Å²) in [5, 5.41) is 2.00. The molecule has 2 heterocycles. The first-order valence-electron chi connectivity index (χ1n) is 6.11. The van der Waals surface area contributed by atoms with Crippen LogP contribution in [-0.4, -0.2) is 41.4 Å². The second-order valence-electron chi connectivity index (χ2n) is 4.89. The number of thioether (sulfide) groups is 1. The third-order valence-corrected chi connectivity index (χ3v) is 5.05. The maximum absolute atomic E-state index is 4.88. The Hall–Kier alpha value is -0.540. The maximum atomic E-state index is 4.88. The van der Waals surface area contributed by atoms with Crippen LogP contribution >= 0.6 is 11.8 Å². The van der Waals surface area contributed by atoms with E-state index in [-0.39, 0.29) is 0 Å². The number of aliphatic imine (C=N–C) groups is 1. The number of hydrogen-bond donors (Lipinski definition) is 0. The van der Waals surface area contributed by atoms with Crippen LogP contribution in [0.15, 0.2) is 29.3 Å². The first kappa shape index (κ1) is 10.6. The number of hydrogen-bond acceptors (Lipinski definition) is 3. The van der Waals surface area contributed by atoms with Crippen LogP contribution in [0.3, 0.4) is 0 Å². The standard InChI is InChI=1S/C13H18N2S/c1-15-8-6-10(7-9-15)13-14-11-4-2-3-5-12(11)16-13/h2-5,10-12H,6-9H2,1H3. The molecule has 16 heavy (non-hydrogen) atoms. The van der Waals surface area contributed by atoms with Gasteiger partial charge in [0.25, 0.3) is 0 Å². The third-order valence-electron chi connectivity index (χ3n) is 3.66. The second kappa shape index (κ2) is 4.38. The van der Waals surface area contributed by atoms with Crippen molar-refractivity contribution in [2.75, 3.05) is 20.1 Å². The molecule has 86 valence electrons. The summed E-state index contributed by atoms with van der Waals surface area (Å²) in [6.45, 7) is 2.45. The minimum Gasteiger partial charge on any atom is -0.306 e. The van der Waals surface area contributed by atoms with Gasteiger partial charge in [-0.25, -0.2) is 0 Å². The number of nitrogens with zero attached hydrogens (tertiary/aromatic N) is 2. The molecule has 0 amide bonds. The molecule has 1 fully saturated rings. The molecule has 0 saturated carbocycles. The maximum Gasteiger partial charge on any atom is 0.0850 e. The van der Waals surface area contributed by atoms with Gasteiger partial charge >= 0.3 is 0 Å². The number of piperidine rings is 1. The highest BCUT2D eigenvalue weighted by molar-refractivity contribution is 8.15. The topological polar surface area (TPSA) is 15.6 Å². The Morgan fingerprint density at radius 3 is 2.75 bits per heavy atom.